The number of likely N-dealkylation sites (N-methyl/N-ethyl adjacent to an activating group) is 1. The largest absolute Gasteiger partial charge is 0.395 e. The monoisotopic (exact) mass is 180 g/mol. The standard InChI is InChI=1S/C10H16N2O/c1-8-6-10(11-7-9(8)2)12(3)4-5-13/h6-7,13H,4-5H2,1-3H3. The van der Waals surface area contributed by atoms with Crippen molar-refractivity contribution in [2.75, 3.05) is 25.1 Å². The highest BCUT2D eigenvalue weighted by Crippen LogP contribution is 2.13. The number of rotatable bonds is 3. The zero-order chi connectivity index (χ0) is 9.84. The van der Waals surface area contributed by atoms with Gasteiger partial charge in [-0.15, -0.1) is 0 Å². The third kappa shape index (κ3) is 2.42. The van der Waals surface area contributed by atoms with Crippen LogP contribution in [0.4, 0.5) is 5.82 Å². The van der Waals surface area contributed by atoms with Gasteiger partial charge in [-0.05, 0) is 31.0 Å². The van der Waals surface area contributed by atoms with Crippen LogP contribution in [0.3, 0.4) is 0 Å². The molecule has 0 atom stereocenters. The molecule has 0 unspecified atom stereocenters. The molecular weight excluding hydrogens is 164 g/mol. The Morgan fingerprint density at radius 1 is 1.38 bits per heavy atom. The van der Waals surface area contributed by atoms with Gasteiger partial charge in [-0.3, -0.25) is 0 Å². The molecule has 0 spiro atoms. The van der Waals surface area contributed by atoms with Crippen LogP contribution in [0, 0.1) is 13.8 Å². The summed E-state index contributed by atoms with van der Waals surface area (Å²) in [5.41, 5.74) is 2.43. The van der Waals surface area contributed by atoms with E-state index < -0.39 is 0 Å². The highest BCUT2D eigenvalue weighted by Gasteiger charge is 2.02. The molecule has 0 saturated carbocycles. The van der Waals surface area contributed by atoms with Gasteiger partial charge in [0.25, 0.3) is 0 Å². The summed E-state index contributed by atoms with van der Waals surface area (Å²) in [6.45, 7) is 4.88. The maximum Gasteiger partial charge on any atom is 0.128 e. The topological polar surface area (TPSA) is 36.4 Å². The Morgan fingerprint density at radius 3 is 2.62 bits per heavy atom. The number of aliphatic hydroxyl groups is 1. The van der Waals surface area contributed by atoms with Gasteiger partial charge in [0.1, 0.15) is 5.82 Å². The first-order valence-corrected chi connectivity index (χ1v) is 4.40. The Balaban J connectivity index is 2.84. The summed E-state index contributed by atoms with van der Waals surface area (Å²) < 4.78 is 0. The summed E-state index contributed by atoms with van der Waals surface area (Å²) in [5, 5.41) is 8.75. The third-order valence-corrected chi connectivity index (χ3v) is 2.18. The summed E-state index contributed by atoms with van der Waals surface area (Å²) in [5.74, 6) is 0.914. The van der Waals surface area contributed by atoms with Crippen LogP contribution in [-0.4, -0.2) is 30.3 Å². The molecule has 0 aromatic carbocycles. The van der Waals surface area contributed by atoms with E-state index in [9.17, 15) is 0 Å². The normalized spacial score (nSPS) is 10.2. The molecule has 0 bridgehead atoms. The van der Waals surface area contributed by atoms with Crippen LogP contribution >= 0.6 is 0 Å². The van der Waals surface area contributed by atoms with E-state index in [-0.39, 0.29) is 6.61 Å². The van der Waals surface area contributed by atoms with Crippen LogP contribution in [0.2, 0.25) is 0 Å². The molecule has 1 heterocycles. The van der Waals surface area contributed by atoms with Gasteiger partial charge in [-0.2, -0.15) is 0 Å². The minimum atomic E-state index is 0.158. The molecule has 0 fully saturated rings. The Bertz CT molecular complexity index is 286. The Morgan fingerprint density at radius 2 is 2.08 bits per heavy atom. The maximum atomic E-state index is 8.75. The molecule has 1 aromatic rings. The number of aliphatic hydroxyl groups excluding tert-OH is 1. The summed E-state index contributed by atoms with van der Waals surface area (Å²) in [6, 6.07) is 2.03. The molecule has 0 aliphatic heterocycles. The van der Waals surface area contributed by atoms with Crippen LogP contribution in [0.1, 0.15) is 11.1 Å². The molecule has 1 N–H and O–H groups in total. The van der Waals surface area contributed by atoms with Crippen molar-refractivity contribution < 1.29 is 5.11 Å². The number of hydrogen-bond acceptors (Lipinski definition) is 3. The summed E-state index contributed by atoms with van der Waals surface area (Å²) in [6.07, 6.45) is 1.86. The van der Waals surface area contributed by atoms with Crippen molar-refractivity contribution in [2.45, 2.75) is 13.8 Å². The van der Waals surface area contributed by atoms with Crippen molar-refractivity contribution in [1.82, 2.24) is 4.98 Å². The van der Waals surface area contributed by atoms with Crippen LogP contribution < -0.4 is 4.90 Å². The van der Waals surface area contributed by atoms with Crippen LogP contribution in [0.5, 0.6) is 0 Å². The van der Waals surface area contributed by atoms with Gasteiger partial charge in [0, 0.05) is 19.8 Å². The predicted molar refractivity (Wildman–Crippen MR) is 54.1 cm³/mol. The minimum Gasteiger partial charge on any atom is -0.395 e. The van der Waals surface area contributed by atoms with Crippen molar-refractivity contribution in [3.8, 4) is 0 Å². The number of aromatic nitrogens is 1. The molecule has 0 radical (unpaired) electrons. The fourth-order valence-corrected chi connectivity index (χ4v) is 1.08. The molecule has 1 rings (SSSR count). The van der Waals surface area contributed by atoms with Crippen molar-refractivity contribution in [3.63, 3.8) is 0 Å². The first-order valence-electron chi connectivity index (χ1n) is 4.40. The quantitative estimate of drug-likeness (QED) is 0.757. The highest BCUT2D eigenvalue weighted by atomic mass is 16.3. The van der Waals surface area contributed by atoms with Gasteiger partial charge in [-0.25, -0.2) is 4.98 Å². The zero-order valence-electron chi connectivity index (χ0n) is 8.41. The summed E-state index contributed by atoms with van der Waals surface area (Å²) in [4.78, 5) is 6.21. The van der Waals surface area contributed by atoms with Crippen LogP contribution in [0.15, 0.2) is 12.3 Å². The maximum absolute atomic E-state index is 8.75. The smallest absolute Gasteiger partial charge is 0.128 e. The van der Waals surface area contributed by atoms with E-state index in [1.807, 2.05) is 31.1 Å². The molecular formula is C10H16N2O. The first-order chi connectivity index (χ1) is 6.15. The predicted octanol–water partition coefficient (Wildman–Crippen LogP) is 1.13. The lowest BCUT2D eigenvalue weighted by molar-refractivity contribution is 0.304. The van der Waals surface area contributed by atoms with E-state index in [0.717, 1.165) is 5.82 Å². The fraction of sp³-hybridized carbons (Fsp3) is 0.500. The van der Waals surface area contributed by atoms with E-state index in [1.165, 1.54) is 11.1 Å². The average Bonchev–Trinajstić information content (AvgIpc) is 2.10. The lowest BCUT2D eigenvalue weighted by Crippen LogP contribution is -2.22. The van der Waals surface area contributed by atoms with Gasteiger partial charge < -0.3 is 10.0 Å². The Labute approximate surface area is 79.0 Å². The molecule has 0 aliphatic rings. The first kappa shape index (κ1) is 9.99. The SMILES string of the molecule is Cc1cnc(N(C)CCO)cc1C. The van der Waals surface area contributed by atoms with Gasteiger partial charge in [0.15, 0.2) is 0 Å². The molecule has 0 saturated heterocycles. The Hall–Kier alpha value is -1.09. The van der Waals surface area contributed by atoms with Gasteiger partial charge in [0.05, 0.1) is 6.61 Å². The van der Waals surface area contributed by atoms with E-state index >= 15 is 0 Å². The molecule has 13 heavy (non-hydrogen) atoms. The number of aryl methyl sites for hydroxylation is 2. The zero-order valence-corrected chi connectivity index (χ0v) is 8.41. The van der Waals surface area contributed by atoms with E-state index in [1.54, 1.807) is 0 Å². The van der Waals surface area contributed by atoms with E-state index in [2.05, 4.69) is 11.9 Å². The van der Waals surface area contributed by atoms with Gasteiger partial charge >= 0.3 is 0 Å². The lowest BCUT2D eigenvalue weighted by atomic mass is 10.2. The van der Waals surface area contributed by atoms with Gasteiger partial charge in [-0.1, -0.05) is 0 Å². The minimum absolute atomic E-state index is 0.158. The molecule has 3 heteroatoms. The van der Waals surface area contributed by atoms with Crippen molar-refractivity contribution in [3.05, 3.63) is 23.4 Å². The van der Waals surface area contributed by atoms with E-state index in [4.69, 9.17) is 5.11 Å². The van der Waals surface area contributed by atoms with Gasteiger partial charge in [0.2, 0.25) is 0 Å². The average molecular weight is 180 g/mol. The van der Waals surface area contributed by atoms with Crippen LogP contribution in [0.25, 0.3) is 0 Å². The van der Waals surface area contributed by atoms with Crippen molar-refractivity contribution in [2.24, 2.45) is 0 Å². The summed E-state index contributed by atoms with van der Waals surface area (Å²) >= 11 is 0. The van der Waals surface area contributed by atoms with Crippen LogP contribution in [-0.2, 0) is 0 Å². The molecule has 3 nitrogen and oxygen atoms in total. The molecule has 72 valence electrons. The second kappa shape index (κ2) is 4.23. The molecule has 1 aromatic heterocycles. The summed E-state index contributed by atoms with van der Waals surface area (Å²) in [7, 11) is 1.92. The van der Waals surface area contributed by atoms with Crippen molar-refractivity contribution in [1.29, 1.82) is 0 Å². The number of anilines is 1. The van der Waals surface area contributed by atoms with Crippen molar-refractivity contribution >= 4 is 5.82 Å². The highest BCUT2D eigenvalue weighted by molar-refractivity contribution is 5.42. The second-order valence-electron chi connectivity index (χ2n) is 3.27. The molecule has 0 aliphatic carbocycles. The fourth-order valence-electron chi connectivity index (χ4n) is 1.08. The number of pyridine rings is 1. The van der Waals surface area contributed by atoms with E-state index in [0.29, 0.717) is 6.54 Å². The second-order valence-corrected chi connectivity index (χ2v) is 3.27. The Kier molecular flexibility index (Phi) is 3.25. The number of hydrogen-bond donors (Lipinski definition) is 1. The third-order valence-electron chi connectivity index (χ3n) is 2.18. The number of nitrogens with zero attached hydrogens (tertiary/aromatic N) is 2. The molecule has 0 amide bonds. The lowest BCUT2D eigenvalue weighted by Gasteiger charge is -2.17.